The number of benzene rings is 4. The summed E-state index contributed by atoms with van der Waals surface area (Å²) in [6.45, 7) is 8.76. The summed E-state index contributed by atoms with van der Waals surface area (Å²) in [5.41, 5.74) is -0.00976. The Hall–Kier alpha value is -7.68. The molecule has 0 N–H and O–H groups in total. The molecule has 4 amide bonds. The third-order valence-corrected chi connectivity index (χ3v) is 13.3. The molecule has 0 fully saturated rings. The van der Waals surface area contributed by atoms with Crippen molar-refractivity contribution < 1.29 is 55.0 Å². The first-order valence-corrected chi connectivity index (χ1v) is 24.8. The summed E-state index contributed by atoms with van der Waals surface area (Å²) < 4.78 is 94.4. The van der Waals surface area contributed by atoms with E-state index in [1.807, 2.05) is 14.1 Å². The number of allylic oxidation sites excluding steroid dienone is 2. The van der Waals surface area contributed by atoms with Crippen molar-refractivity contribution in [2.75, 3.05) is 76.4 Å². The number of carbonyl (C=O) groups excluding carboxylic acids is 4. The van der Waals surface area contributed by atoms with Crippen molar-refractivity contribution in [3.8, 4) is 12.1 Å². The van der Waals surface area contributed by atoms with Gasteiger partial charge in [-0.25, -0.2) is 19.2 Å². The van der Waals surface area contributed by atoms with Gasteiger partial charge >= 0.3 is 36.4 Å². The van der Waals surface area contributed by atoms with Crippen LogP contribution in [-0.4, -0.2) is 110 Å². The van der Waals surface area contributed by atoms with E-state index >= 15 is 0 Å². The number of nitrogens with zero attached hydrogens (tertiary/aromatic N) is 8. The third-order valence-electron chi connectivity index (χ3n) is 13.3. The van der Waals surface area contributed by atoms with Crippen LogP contribution in [-0.2, 0) is 31.4 Å². The lowest BCUT2D eigenvalue weighted by Crippen LogP contribution is -2.51. The van der Waals surface area contributed by atoms with Gasteiger partial charge in [0.15, 0.2) is 0 Å². The fourth-order valence-corrected chi connectivity index (χ4v) is 9.53. The number of amides is 4. The second kappa shape index (κ2) is 25.2. The van der Waals surface area contributed by atoms with Gasteiger partial charge in [-0.05, 0) is 165 Å². The van der Waals surface area contributed by atoms with E-state index in [0.29, 0.717) is 61.3 Å². The molecule has 0 saturated heterocycles. The Labute approximate surface area is 438 Å². The SMILES string of the molecule is CCOC(=O)C1=C(C)N(c2cccc(C(F)(F)F)c2)C(=O)N(CCCN(C)CCCCN(C)CCCN2C(=O)N(c3cccc(C(F)(F)F)c3)C(C)=C(C(=O)OCC)[C@H]2c2ccc(C#N)cc2)[C@@H]1c1ccc(C#N)cc1. The second-order valence-corrected chi connectivity index (χ2v) is 18.5. The van der Waals surface area contributed by atoms with Crippen molar-refractivity contribution in [2.24, 2.45) is 0 Å². The number of esters is 2. The zero-order chi connectivity index (χ0) is 55.5. The highest BCUT2D eigenvalue weighted by atomic mass is 19.4. The van der Waals surface area contributed by atoms with Gasteiger partial charge in [-0.2, -0.15) is 36.9 Å². The highest BCUT2D eigenvalue weighted by Gasteiger charge is 2.45. The van der Waals surface area contributed by atoms with Gasteiger partial charge in [0.2, 0.25) is 0 Å². The van der Waals surface area contributed by atoms with Gasteiger partial charge in [0.05, 0.1) is 82.2 Å². The number of halogens is 6. The molecular weight excluding hydrogens is 995 g/mol. The lowest BCUT2D eigenvalue weighted by molar-refractivity contribution is -0.140. The van der Waals surface area contributed by atoms with Crippen LogP contribution in [0.3, 0.4) is 0 Å². The van der Waals surface area contributed by atoms with Gasteiger partial charge in [0.25, 0.3) is 0 Å². The first-order valence-electron chi connectivity index (χ1n) is 24.8. The standard InChI is InChI=1S/C56H60F6N8O6/c1-7-75-51(71)47-37(3)69(45-17-11-15-43(33-45)55(57,58)59)53(73)67(49(47)41-23-19-39(35-63)20-24-41)31-13-29-65(5)27-9-10-28-66(6)30-14-32-68-50(42-25-21-40(36-64)22-26-42)48(52(72)76-8-2)38(4)70(54(68)74)46-18-12-16-44(34-46)56(60,61)62/h11-12,15-26,33-34,49-50H,7-10,13-14,27-32H2,1-6H3/t49-,50-/m1/s1. The van der Waals surface area contributed by atoms with E-state index in [1.165, 1.54) is 47.9 Å². The summed E-state index contributed by atoms with van der Waals surface area (Å²) in [5, 5.41) is 19.0. The predicted octanol–water partition coefficient (Wildman–Crippen LogP) is 11.2. The molecule has 4 aromatic rings. The number of alkyl halides is 6. The van der Waals surface area contributed by atoms with Gasteiger partial charge in [0, 0.05) is 24.5 Å². The van der Waals surface area contributed by atoms with E-state index in [1.54, 1.807) is 62.4 Å². The number of anilines is 2. The van der Waals surface area contributed by atoms with Crippen molar-refractivity contribution in [3.63, 3.8) is 0 Å². The van der Waals surface area contributed by atoms with E-state index in [0.717, 1.165) is 46.9 Å². The maximum Gasteiger partial charge on any atom is 0.416 e. The minimum absolute atomic E-state index is 0.000321. The first-order chi connectivity index (χ1) is 36.1. The Morgan fingerprint density at radius 2 is 0.908 bits per heavy atom. The molecule has 4 aromatic carbocycles. The molecule has 0 bridgehead atoms. The van der Waals surface area contributed by atoms with Gasteiger partial charge in [-0.1, -0.05) is 36.4 Å². The van der Waals surface area contributed by atoms with Crippen LogP contribution < -0.4 is 9.80 Å². The van der Waals surface area contributed by atoms with E-state index in [-0.39, 0.29) is 60.2 Å². The largest absolute Gasteiger partial charge is 0.463 e. The lowest BCUT2D eigenvalue weighted by atomic mass is 9.92. The second-order valence-electron chi connectivity index (χ2n) is 18.5. The molecule has 2 atom stereocenters. The number of unbranched alkanes of at least 4 members (excludes halogenated alkanes) is 1. The Morgan fingerprint density at radius 1 is 0.566 bits per heavy atom. The molecular formula is C56H60F6N8O6. The van der Waals surface area contributed by atoms with Crippen LogP contribution in [0.25, 0.3) is 0 Å². The van der Waals surface area contributed by atoms with E-state index in [2.05, 4.69) is 21.9 Å². The van der Waals surface area contributed by atoms with Crippen molar-refractivity contribution in [1.29, 1.82) is 10.5 Å². The fraction of sp³-hybridized carbons (Fsp3) is 0.393. The number of ether oxygens (including phenoxy) is 2. The minimum Gasteiger partial charge on any atom is -0.463 e. The Morgan fingerprint density at radius 3 is 1.22 bits per heavy atom. The molecule has 0 aromatic heterocycles. The summed E-state index contributed by atoms with van der Waals surface area (Å²) in [4.78, 5) is 66.0. The van der Waals surface area contributed by atoms with Gasteiger partial charge < -0.3 is 29.1 Å². The Kier molecular flexibility index (Phi) is 19.1. The topological polar surface area (TPSA) is 154 Å². The van der Waals surface area contributed by atoms with Crippen LogP contribution in [0.5, 0.6) is 0 Å². The van der Waals surface area contributed by atoms with Gasteiger partial charge in [-0.15, -0.1) is 0 Å². The number of rotatable bonds is 21. The van der Waals surface area contributed by atoms with Crippen LogP contribution in [0, 0.1) is 22.7 Å². The summed E-state index contributed by atoms with van der Waals surface area (Å²) >= 11 is 0. The first kappa shape index (κ1) is 57.6. The van der Waals surface area contributed by atoms with E-state index in [9.17, 15) is 56.0 Å². The van der Waals surface area contributed by atoms with Crippen molar-refractivity contribution >= 4 is 35.4 Å². The number of hydrogen-bond donors (Lipinski definition) is 0. The normalized spacial score (nSPS) is 16.4. The van der Waals surface area contributed by atoms with Crippen LogP contribution in [0.4, 0.5) is 47.3 Å². The molecule has 0 saturated carbocycles. The molecule has 0 aliphatic carbocycles. The molecule has 2 aliphatic rings. The maximum absolute atomic E-state index is 14.6. The highest BCUT2D eigenvalue weighted by Crippen LogP contribution is 2.43. The molecule has 0 unspecified atom stereocenters. The highest BCUT2D eigenvalue weighted by molar-refractivity contribution is 6.04. The smallest absolute Gasteiger partial charge is 0.416 e. The maximum atomic E-state index is 14.6. The summed E-state index contributed by atoms with van der Waals surface area (Å²) in [7, 11) is 3.85. The average molecular weight is 1060 g/mol. The van der Waals surface area contributed by atoms with Crippen molar-refractivity contribution in [2.45, 2.75) is 77.8 Å². The average Bonchev–Trinajstić information content (AvgIpc) is 3.43. The van der Waals surface area contributed by atoms with Crippen LogP contribution in [0.15, 0.2) is 120 Å². The molecule has 6 rings (SSSR count). The molecule has 2 aliphatic heterocycles. The zero-order valence-corrected chi connectivity index (χ0v) is 43.2. The Bertz CT molecular complexity index is 2700. The lowest BCUT2D eigenvalue weighted by Gasteiger charge is -2.43. The van der Waals surface area contributed by atoms with Crippen LogP contribution in [0.2, 0.25) is 0 Å². The van der Waals surface area contributed by atoms with Crippen molar-refractivity contribution in [1.82, 2.24) is 19.6 Å². The minimum atomic E-state index is -4.70. The molecule has 14 nitrogen and oxygen atoms in total. The van der Waals surface area contributed by atoms with Crippen LogP contribution >= 0.6 is 0 Å². The van der Waals surface area contributed by atoms with E-state index in [4.69, 9.17) is 9.47 Å². The molecule has 402 valence electrons. The summed E-state index contributed by atoms with van der Waals surface area (Å²) in [6, 6.07) is 22.3. The fourth-order valence-electron chi connectivity index (χ4n) is 9.53. The molecule has 2 heterocycles. The molecule has 0 radical (unpaired) electrons. The summed E-state index contributed by atoms with van der Waals surface area (Å²) in [5.74, 6) is -1.48. The molecule has 20 heteroatoms. The summed E-state index contributed by atoms with van der Waals surface area (Å²) in [6.07, 6.45) is -7.04. The van der Waals surface area contributed by atoms with Crippen LogP contribution in [0.1, 0.15) is 98.8 Å². The number of hydrogen-bond acceptors (Lipinski definition) is 10. The molecule has 0 spiro atoms. The van der Waals surface area contributed by atoms with E-state index < -0.39 is 59.6 Å². The van der Waals surface area contributed by atoms with Gasteiger partial charge in [0.1, 0.15) is 0 Å². The number of carbonyl (C=O) groups is 4. The predicted molar refractivity (Wildman–Crippen MR) is 272 cm³/mol. The number of nitriles is 2. The van der Waals surface area contributed by atoms with Crippen molar-refractivity contribution in [3.05, 3.63) is 153 Å². The zero-order valence-electron chi connectivity index (χ0n) is 43.2. The third kappa shape index (κ3) is 13.4. The quantitative estimate of drug-likeness (QED) is 0.0447. The molecule has 76 heavy (non-hydrogen) atoms. The Balaban J connectivity index is 1.12. The number of urea groups is 2. The van der Waals surface area contributed by atoms with Gasteiger partial charge in [-0.3, -0.25) is 9.80 Å². The monoisotopic (exact) mass is 1050 g/mol.